The molecule has 0 heterocycles. The first kappa shape index (κ1) is 44.0. The quantitative estimate of drug-likeness (QED) is 0.136. The van der Waals surface area contributed by atoms with E-state index in [1.54, 1.807) is 43.7 Å². The number of hydrogen-bond acceptors (Lipinski definition) is 6. The number of hydrogen-bond donors (Lipinski definition) is 2. The van der Waals surface area contributed by atoms with Gasteiger partial charge >= 0.3 is 139 Å². The van der Waals surface area contributed by atoms with E-state index in [2.05, 4.69) is 27.7 Å². The van der Waals surface area contributed by atoms with Gasteiger partial charge in [0.05, 0.1) is 11.9 Å². The summed E-state index contributed by atoms with van der Waals surface area (Å²) >= 11 is 0.299. The maximum Gasteiger partial charge on any atom is 0.0715 e. The van der Waals surface area contributed by atoms with Crippen molar-refractivity contribution in [1.29, 1.82) is 0 Å². The number of rotatable bonds is 14. The summed E-state index contributed by atoms with van der Waals surface area (Å²) in [5.41, 5.74) is 14.0. The molecule has 0 aliphatic carbocycles. The molecule has 0 amide bonds. The van der Waals surface area contributed by atoms with E-state index in [0.29, 0.717) is 11.4 Å². The smallest absolute Gasteiger partial charge is 0.0715 e. The second-order valence-corrected chi connectivity index (χ2v) is 18.2. The molecule has 41 heavy (non-hydrogen) atoms. The summed E-state index contributed by atoms with van der Waals surface area (Å²) in [5, 5.41) is 20.6. The van der Waals surface area contributed by atoms with E-state index in [9.17, 15) is 19.8 Å². The van der Waals surface area contributed by atoms with Crippen molar-refractivity contribution in [3.05, 3.63) is 58.7 Å². The van der Waals surface area contributed by atoms with E-state index in [1.807, 2.05) is 0 Å². The molecule has 0 bridgehead atoms. The second kappa shape index (κ2) is 30.0. The summed E-state index contributed by atoms with van der Waals surface area (Å²) < 4.78 is 6.50. The fourth-order valence-corrected chi connectivity index (χ4v) is 11.4. The SMILES string of the molecule is CCC[CH2][Sn+2][CH2]CCC.CCC[CH2][Sn+2][CH2]CCC.Cc1cc(C(=O)[O-])ccc1N.Cc1cc(C(=O)[O-])ccc1N.[O-2]. The molecule has 228 valence electrons. The molecule has 0 saturated heterocycles. The van der Waals surface area contributed by atoms with E-state index >= 15 is 0 Å². The molecule has 9 heteroatoms. The fourth-order valence-electron chi connectivity index (χ4n) is 3.06. The predicted molar refractivity (Wildman–Crippen MR) is 171 cm³/mol. The molecule has 0 spiro atoms. The van der Waals surface area contributed by atoms with Gasteiger partial charge in [0.2, 0.25) is 0 Å². The van der Waals surface area contributed by atoms with Gasteiger partial charge in [-0.2, -0.15) is 0 Å². The molecule has 2 aromatic carbocycles. The number of benzene rings is 2. The minimum Gasteiger partial charge on any atom is -2.00 e. The van der Waals surface area contributed by atoms with Crippen LogP contribution < -0.4 is 21.7 Å². The van der Waals surface area contributed by atoms with Gasteiger partial charge in [-0.1, -0.05) is 12.1 Å². The molecule has 0 fully saturated rings. The number of carbonyl (C=O) groups is 2. The van der Waals surface area contributed by atoms with Gasteiger partial charge in [0.25, 0.3) is 0 Å². The van der Waals surface area contributed by atoms with Gasteiger partial charge in [-0.3, -0.25) is 0 Å². The summed E-state index contributed by atoms with van der Waals surface area (Å²) in [4.78, 5) is 20.6. The number of carboxylic acid groups (broad SMARTS) is 2. The average Bonchev–Trinajstić information content (AvgIpc) is 2.92. The Balaban J connectivity index is -0.000000469. The Hall–Kier alpha value is -1.46. The van der Waals surface area contributed by atoms with E-state index in [4.69, 9.17) is 11.5 Å². The van der Waals surface area contributed by atoms with Crippen molar-refractivity contribution >= 4 is 65.6 Å². The molecule has 0 atom stereocenters. The van der Waals surface area contributed by atoms with E-state index in [-0.39, 0.29) is 58.9 Å². The monoisotopic (exact) mass is 784 g/mol. The van der Waals surface area contributed by atoms with Crippen LogP contribution in [0.3, 0.4) is 0 Å². The molecule has 0 aromatic heterocycles. The zero-order valence-corrected chi connectivity index (χ0v) is 31.9. The summed E-state index contributed by atoms with van der Waals surface area (Å²) in [6.07, 6.45) is 11.7. The zero-order valence-electron chi connectivity index (χ0n) is 26.1. The number of nitrogen functional groups attached to an aromatic ring is 2. The summed E-state index contributed by atoms with van der Waals surface area (Å²) in [6, 6.07) is 8.95. The zero-order chi connectivity index (χ0) is 30.8. The minimum absolute atomic E-state index is 0. The molecule has 0 aliphatic rings. The average molecular weight is 782 g/mol. The first-order chi connectivity index (χ1) is 19.0. The maximum atomic E-state index is 10.3. The molecule has 0 unspecified atom stereocenters. The maximum absolute atomic E-state index is 10.3. The van der Waals surface area contributed by atoms with Gasteiger partial charge in [-0.05, 0) is 60.4 Å². The van der Waals surface area contributed by atoms with Crippen molar-refractivity contribution in [2.75, 3.05) is 11.5 Å². The van der Waals surface area contributed by atoms with Crippen LogP contribution in [0.5, 0.6) is 0 Å². The Kier molecular flexibility index (Phi) is 32.2. The number of carboxylic acids is 2. The molecule has 2 aromatic rings. The second-order valence-electron chi connectivity index (χ2n) is 9.63. The number of nitrogens with two attached hydrogens (primary N) is 2. The van der Waals surface area contributed by atoms with Crippen LogP contribution in [-0.2, 0) is 5.48 Å². The third-order valence-electron chi connectivity index (χ3n) is 5.84. The predicted octanol–water partition coefficient (Wildman–Crippen LogP) is 6.02. The Morgan fingerprint density at radius 2 is 0.878 bits per heavy atom. The first-order valence-electron chi connectivity index (χ1n) is 14.6. The van der Waals surface area contributed by atoms with Crippen molar-refractivity contribution < 1.29 is 25.3 Å². The summed E-state index contributed by atoms with van der Waals surface area (Å²) in [6.45, 7) is 12.7. The van der Waals surface area contributed by atoms with Gasteiger partial charge < -0.3 is 36.7 Å². The molecule has 4 N–H and O–H groups in total. The fraction of sp³-hybridized carbons (Fsp3) is 0.562. The van der Waals surface area contributed by atoms with E-state index in [0.717, 1.165) is 11.1 Å². The molecule has 7 nitrogen and oxygen atoms in total. The Labute approximate surface area is 270 Å². The van der Waals surface area contributed by atoms with Crippen LogP contribution in [0.2, 0.25) is 17.7 Å². The van der Waals surface area contributed by atoms with Crippen molar-refractivity contribution in [2.45, 2.75) is 111 Å². The van der Waals surface area contributed by atoms with E-state index < -0.39 is 11.9 Å². The molecule has 0 radical (unpaired) electrons. The van der Waals surface area contributed by atoms with Gasteiger partial charge in [0.1, 0.15) is 0 Å². The molecule has 0 aliphatic heterocycles. The first-order valence-corrected chi connectivity index (χ1v) is 22.7. The molecular formula is C32H52N2O5Sn2. The minimum atomic E-state index is -1.17. The van der Waals surface area contributed by atoms with Crippen LogP contribution in [0.1, 0.15) is 111 Å². The number of aromatic carboxylic acids is 2. The molecule has 0 saturated carbocycles. The van der Waals surface area contributed by atoms with Crippen LogP contribution in [0.15, 0.2) is 36.4 Å². The number of carbonyl (C=O) groups excluding carboxylic acids is 2. The van der Waals surface area contributed by atoms with Crippen molar-refractivity contribution in [3.63, 3.8) is 0 Å². The van der Waals surface area contributed by atoms with Crippen LogP contribution in [0, 0.1) is 13.8 Å². The van der Waals surface area contributed by atoms with Crippen LogP contribution >= 0.6 is 0 Å². The standard InChI is InChI=1S/2C8H9NO2.4C4H9.O.2Sn/c2*1-5-4-6(8(10)11)2-3-7(5)9;4*1-3-4-2;;;/h2*2-4H,9H2,1H3,(H,10,11);4*1,3-4H2,2H3;;;/q;;;;;;-2;2*+2/p-2. The van der Waals surface area contributed by atoms with Crippen LogP contribution in [0.25, 0.3) is 0 Å². The normalized spacial score (nSPS) is 9.12. The largest absolute Gasteiger partial charge is 2.00 e. The third-order valence-corrected chi connectivity index (χ3v) is 13.9. The van der Waals surface area contributed by atoms with Gasteiger partial charge in [-0.15, -0.1) is 0 Å². The Morgan fingerprint density at radius 1 is 0.610 bits per heavy atom. The topological polar surface area (TPSA) is 161 Å². The van der Waals surface area contributed by atoms with Gasteiger partial charge in [-0.25, -0.2) is 0 Å². The van der Waals surface area contributed by atoms with E-state index in [1.165, 1.54) is 75.6 Å². The number of anilines is 2. The summed E-state index contributed by atoms with van der Waals surface area (Å²) in [5.74, 6) is -2.35. The Morgan fingerprint density at radius 3 is 1.07 bits per heavy atom. The van der Waals surface area contributed by atoms with Crippen LogP contribution in [-0.4, -0.2) is 54.2 Å². The molecular weight excluding hydrogens is 730 g/mol. The van der Waals surface area contributed by atoms with Crippen molar-refractivity contribution in [2.24, 2.45) is 0 Å². The number of unbranched alkanes of at least 4 members (excludes halogenated alkanes) is 4. The van der Waals surface area contributed by atoms with Crippen molar-refractivity contribution in [3.8, 4) is 0 Å². The van der Waals surface area contributed by atoms with Crippen LogP contribution in [0.4, 0.5) is 11.4 Å². The molecule has 2 rings (SSSR count). The third kappa shape index (κ3) is 25.9. The summed E-state index contributed by atoms with van der Waals surface area (Å²) in [7, 11) is 0. The van der Waals surface area contributed by atoms with Gasteiger partial charge in [0, 0.05) is 11.4 Å². The van der Waals surface area contributed by atoms with Gasteiger partial charge in [0.15, 0.2) is 0 Å². The van der Waals surface area contributed by atoms with Crippen molar-refractivity contribution in [1.82, 2.24) is 0 Å². The Bertz CT molecular complexity index is 855. The number of aryl methyl sites for hydroxylation is 2.